The molecule has 2 rings (SSSR count). The molecule has 0 aliphatic heterocycles. The first-order valence-electron chi connectivity index (χ1n) is 7.36. The maximum Gasteiger partial charge on any atom is 0.244 e. The molecular weight excluding hydrogens is 278 g/mol. The molecule has 0 aliphatic rings. The van der Waals surface area contributed by atoms with Crippen molar-refractivity contribution >= 4 is 28.4 Å². The maximum absolute atomic E-state index is 12.2. The zero-order valence-corrected chi connectivity index (χ0v) is 13.2. The average Bonchev–Trinajstić information content (AvgIpc) is 2.46. The Morgan fingerprint density at radius 3 is 2.64 bits per heavy atom. The van der Waals surface area contributed by atoms with Gasteiger partial charge in [-0.3, -0.25) is 14.6 Å². The Balaban J connectivity index is 2.12. The molecule has 2 amide bonds. The molecule has 0 saturated carbocycles. The Bertz CT molecular complexity index is 677. The minimum atomic E-state index is -0.214. The van der Waals surface area contributed by atoms with Crippen LogP contribution in [0.15, 0.2) is 36.5 Å². The van der Waals surface area contributed by atoms with Crippen molar-refractivity contribution in [1.82, 2.24) is 9.88 Å². The lowest BCUT2D eigenvalue weighted by atomic mass is 10.2. The number of carbonyl (C=O) groups is 2. The lowest BCUT2D eigenvalue weighted by Crippen LogP contribution is -2.38. The molecule has 116 valence electrons. The Morgan fingerprint density at radius 1 is 1.23 bits per heavy atom. The number of nitrogens with one attached hydrogen (secondary N) is 1. The van der Waals surface area contributed by atoms with Crippen molar-refractivity contribution in [3.05, 3.63) is 36.5 Å². The summed E-state index contributed by atoms with van der Waals surface area (Å²) in [4.78, 5) is 29.7. The molecule has 5 nitrogen and oxygen atoms in total. The molecule has 5 heteroatoms. The minimum absolute atomic E-state index is 0.0523. The summed E-state index contributed by atoms with van der Waals surface area (Å²) in [6.45, 7) is 6.13. The van der Waals surface area contributed by atoms with Crippen molar-refractivity contribution in [2.45, 2.75) is 20.8 Å². The fourth-order valence-corrected chi connectivity index (χ4v) is 2.31. The number of fused-ring (bicyclic) bond motifs is 1. The van der Waals surface area contributed by atoms with Crippen LogP contribution in [0.2, 0.25) is 0 Å². The monoisotopic (exact) mass is 299 g/mol. The van der Waals surface area contributed by atoms with E-state index in [1.165, 1.54) is 6.92 Å². The zero-order chi connectivity index (χ0) is 16.1. The Labute approximate surface area is 130 Å². The molecule has 0 atom stereocenters. The minimum Gasteiger partial charge on any atom is -0.333 e. The summed E-state index contributed by atoms with van der Waals surface area (Å²) in [5.74, 6) is 0.00446. The smallest absolute Gasteiger partial charge is 0.244 e. The van der Waals surface area contributed by atoms with Crippen LogP contribution in [-0.4, -0.2) is 34.8 Å². The van der Waals surface area contributed by atoms with Gasteiger partial charge in [-0.25, -0.2) is 0 Å². The number of hydrogen-bond donors (Lipinski definition) is 1. The highest BCUT2D eigenvalue weighted by molar-refractivity contribution is 6.01. The van der Waals surface area contributed by atoms with E-state index in [4.69, 9.17) is 0 Å². The van der Waals surface area contributed by atoms with Crippen LogP contribution in [-0.2, 0) is 9.59 Å². The van der Waals surface area contributed by atoms with Crippen molar-refractivity contribution in [1.29, 1.82) is 0 Å². The van der Waals surface area contributed by atoms with Crippen LogP contribution < -0.4 is 5.32 Å². The van der Waals surface area contributed by atoms with Crippen molar-refractivity contribution in [3.63, 3.8) is 0 Å². The van der Waals surface area contributed by atoms with E-state index in [0.29, 0.717) is 18.2 Å². The van der Waals surface area contributed by atoms with Gasteiger partial charge in [0.2, 0.25) is 11.8 Å². The molecule has 1 heterocycles. The zero-order valence-electron chi connectivity index (χ0n) is 13.2. The molecule has 0 spiro atoms. The fourth-order valence-electron chi connectivity index (χ4n) is 2.31. The van der Waals surface area contributed by atoms with Crippen LogP contribution in [0.5, 0.6) is 0 Å². The summed E-state index contributed by atoms with van der Waals surface area (Å²) in [5.41, 5.74) is 1.41. The number of rotatable bonds is 5. The Morgan fingerprint density at radius 2 is 1.95 bits per heavy atom. The first kappa shape index (κ1) is 15.9. The number of benzene rings is 1. The van der Waals surface area contributed by atoms with Gasteiger partial charge in [-0.2, -0.15) is 0 Å². The van der Waals surface area contributed by atoms with Crippen LogP contribution in [0.1, 0.15) is 20.8 Å². The molecule has 0 unspecified atom stereocenters. The standard InChI is InChI=1S/C17H21N3O2/c1-12(2)10-20(13(3)21)11-16(22)19-15-8-4-6-14-7-5-9-18-17(14)15/h4-9,12H,10-11H2,1-3H3,(H,19,22). The third-order valence-electron chi connectivity index (χ3n) is 3.27. The second kappa shape index (κ2) is 7.02. The van der Waals surface area contributed by atoms with E-state index >= 15 is 0 Å². The second-order valence-corrected chi connectivity index (χ2v) is 5.72. The summed E-state index contributed by atoms with van der Waals surface area (Å²) in [5, 5.41) is 3.81. The summed E-state index contributed by atoms with van der Waals surface area (Å²) in [7, 11) is 0. The normalized spacial score (nSPS) is 10.7. The van der Waals surface area contributed by atoms with Crippen LogP contribution in [0.4, 0.5) is 5.69 Å². The van der Waals surface area contributed by atoms with E-state index in [0.717, 1.165) is 10.9 Å². The lowest BCUT2D eigenvalue weighted by molar-refractivity contribution is -0.133. The molecule has 1 aromatic heterocycles. The number of anilines is 1. The van der Waals surface area contributed by atoms with Gasteiger partial charge in [-0.05, 0) is 18.1 Å². The van der Waals surface area contributed by atoms with Crippen molar-refractivity contribution in [2.24, 2.45) is 5.92 Å². The number of para-hydroxylation sites is 1. The summed E-state index contributed by atoms with van der Waals surface area (Å²) >= 11 is 0. The molecule has 0 radical (unpaired) electrons. The predicted molar refractivity (Wildman–Crippen MR) is 87.5 cm³/mol. The van der Waals surface area contributed by atoms with Gasteiger partial charge in [0.15, 0.2) is 0 Å². The molecule has 1 aromatic carbocycles. The molecule has 0 aliphatic carbocycles. The van der Waals surface area contributed by atoms with Crippen molar-refractivity contribution < 1.29 is 9.59 Å². The molecule has 0 saturated heterocycles. The first-order valence-corrected chi connectivity index (χ1v) is 7.36. The number of amides is 2. The van der Waals surface area contributed by atoms with Crippen molar-refractivity contribution in [3.8, 4) is 0 Å². The number of hydrogen-bond acceptors (Lipinski definition) is 3. The predicted octanol–water partition coefficient (Wildman–Crippen LogP) is 2.68. The van der Waals surface area contributed by atoms with E-state index in [2.05, 4.69) is 10.3 Å². The van der Waals surface area contributed by atoms with Gasteiger partial charge in [0.1, 0.15) is 0 Å². The topological polar surface area (TPSA) is 62.3 Å². The highest BCUT2D eigenvalue weighted by Crippen LogP contribution is 2.20. The first-order chi connectivity index (χ1) is 10.5. The Kier molecular flexibility index (Phi) is 5.09. The SMILES string of the molecule is CC(=O)N(CC(=O)Nc1cccc2cccnc12)CC(C)C. The molecular formula is C17H21N3O2. The lowest BCUT2D eigenvalue weighted by Gasteiger charge is -2.22. The molecule has 0 fully saturated rings. The van der Waals surface area contributed by atoms with Crippen molar-refractivity contribution in [2.75, 3.05) is 18.4 Å². The van der Waals surface area contributed by atoms with E-state index < -0.39 is 0 Å². The number of nitrogens with zero attached hydrogens (tertiary/aromatic N) is 2. The molecule has 1 N–H and O–H groups in total. The third kappa shape index (κ3) is 4.04. The largest absolute Gasteiger partial charge is 0.333 e. The summed E-state index contributed by atoms with van der Waals surface area (Å²) in [6.07, 6.45) is 1.69. The van der Waals surface area contributed by atoms with Gasteiger partial charge in [-0.15, -0.1) is 0 Å². The summed E-state index contributed by atoms with van der Waals surface area (Å²) in [6, 6.07) is 9.43. The molecule has 2 aromatic rings. The maximum atomic E-state index is 12.2. The van der Waals surface area contributed by atoms with Crippen LogP contribution >= 0.6 is 0 Å². The number of pyridine rings is 1. The number of aromatic nitrogens is 1. The van der Waals surface area contributed by atoms with E-state index in [9.17, 15) is 9.59 Å². The molecule has 22 heavy (non-hydrogen) atoms. The van der Waals surface area contributed by atoms with E-state index in [1.54, 1.807) is 11.1 Å². The fraction of sp³-hybridized carbons (Fsp3) is 0.353. The van der Waals surface area contributed by atoms with E-state index in [-0.39, 0.29) is 18.4 Å². The van der Waals surface area contributed by atoms with Crippen LogP contribution in [0, 0.1) is 5.92 Å². The highest BCUT2D eigenvalue weighted by atomic mass is 16.2. The highest BCUT2D eigenvalue weighted by Gasteiger charge is 2.15. The van der Waals surface area contributed by atoms with Gasteiger partial charge in [0.25, 0.3) is 0 Å². The average molecular weight is 299 g/mol. The van der Waals surface area contributed by atoms with Crippen LogP contribution in [0.3, 0.4) is 0 Å². The van der Waals surface area contributed by atoms with Gasteiger partial charge in [0.05, 0.1) is 17.7 Å². The quantitative estimate of drug-likeness (QED) is 0.923. The van der Waals surface area contributed by atoms with Gasteiger partial charge < -0.3 is 10.2 Å². The second-order valence-electron chi connectivity index (χ2n) is 5.72. The number of carbonyl (C=O) groups excluding carboxylic acids is 2. The summed E-state index contributed by atoms with van der Waals surface area (Å²) < 4.78 is 0. The van der Waals surface area contributed by atoms with Gasteiger partial charge in [0, 0.05) is 25.1 Å². The third-order valence-corrected chi connectivity index (χ3v) is 3.27. The van der Waals surface area contributed by atoms with Gasteiger partial charge in [-0.1, -0.05) is 32.0 Å². The Hall–Kier alpha value is -2.43. The van der Waals surface area contributed by atoms with Gasteiger partial charge >= 0.3 is 0 Å². The van der Waals surface area contributed by atoms with Crippen LogP contribution in [0.25, 0.3) is 10.9 Å². The van der Waals surface area contributed by atoms with E-state index in [1.807, 2.05) is 44.2 Å². The molecule has 0 bridgehead atoms.